The van der Waals surface area contributed by atoms with E-state index in [0.717, 1.165) is 13.1 Å². The zero-order valence-corrected chi connectivity index (χ0v) is 9.98. The monoisotopic (exact) mass is 180 g/mol. The Hall–Kier alpha value is 0.543. The van der Waals surface area contributed by atoms with E-state index in [1.165, 1.54) is 0 Å². The molecular weight excluding hydrogens is 165 g/mol. The van der Waals surface area contributed by atoms with Crippen LogP contribution in [0, 0.1) is 0 Å². The van der Waals surface area contributed by atoms with Gasteiger partial charge >= 0.3 is 19.5 Å². The first-order valence-electron chi connectivity index (χ1n) is 2.94. The average molecular weight is 182 g/mol. The molecule has 2 nitrogen and oxygen atoms in total. The first-order chi connectivity index (χ1) is 3.83. The molecule has 0 aliphatic heterocycles. The molecule has 0 heterocycles. The van der Waals surface area contributed by atoms with Crippen LogP contribution in [0.4, 0.5) is 0 Å². The molecule has 3 heteroatoms. The summed E-state index contributed by atoms with van der Waals surface area (Å²) in [4.78, 5) is 0. The van der Waals surface area contributed by atoms with Gasteiger partial charge in [0.05, 0.1) is 0 Å². The molecule has 0 fully saturated rings. The Morgan fingerprint density at radius 3 is 1.00 bits per heavy atom. The second-order valence-electron chi connectivity index (χ2n) is 1.26. The summed E-state index contributed by atoms with van der Waals surface area (Å²) in [5, 5.41) is 7.47. The van der Waals surface area contributed by atoms with Gasteiger partial charge in [-0.25, -0.2) is 0 Å². The van der Waals surface area contributed by atoms with Crippen molar-refractivity contribution in [2.24, 2.45) is 0 Å². The Morgan fingerprint density at radius 2 is 1.00 bits per heavy atom. The van der Waals surface area contributed by atoms with Crippen molar-refractivity contribution in [3.8, 4) is 0 Å². The van der Waals surface area contributed by atoms with Crippen LogP contribution in [0.2, 0.25) is 0 Å². The standard InChI is InChI=1S/2C3H8N.Zn/c2*1-3-4-2;/h2*3H2,1-2H3;/q2*-1;+2. The average Bonchev–Trinajstić information content (AvgIpc) is 1.88. The number of hydrogen-bond acceptors (Lipinski definition) is 0. The molecule has 0 aromatic carbocycles. The van der Waals surface area contributed by atoms with Crippen LogP contribution in [0.3, 0.4) is 0 Å². The normalized spacial score (nSPS) is 6.67. The van der Waals surface area contributed by atoms with E-state index in [1.54, 1.807) is 14.1 Å². The predicted octanol–water partition coefficient (Wildman–Crippen LogP) is 2.02. The minimum atomic E-state index is 0. The summed E-state index contributed by atoms with van der Waals surface area (Å²) < 4.78 is 0. The molecule has 0 spiro atoms. The van der Waals surface area contributed by atoms with E-state index in [4.69, 9.17) is 0 Å². The molecule has 0 saturated heterocycles. The Balaban J connectivity index is -0.0000000720. The molecule has 0 saturated carbocycles. The summed E-state index contributed by atoms with van der Waals surface area (Å²) in [5.41, 5.74) is 0. The Kier molecular flexibility index (Phi) is 42.6. The van der Waals surface area contributed by atoms with Gasteiger partial charge in [0.25, 0.3) is 0 Å². The van der Waals surface area contributed by atoms with Gasteiger partial charge in [0, 0.05) is 0 Å². The molecule has 0 N–H and O–H groups in total. The summed E-state index contributed by atoms with van der Waals surface area (Å²) in [6.07, 6.45) is 0. The van der Waals surface area contributed by atoms with Crippen molar-refractivity contribution in [1.82, 2.24) is 0 Å². The molecule has 52 valence electrons. The van der Waals surface area contributed by atoms with Gasteiger partial charge in [-0.05, 0) is 0 Å². The molecule has 0 rings (SSSR count). The van der Waals surface area contributed by atoms with Crippen molar-refractivity contribution in [2.45, 2.75) is 13.8 Å². The predicted molar refractivity (Wildman–Crippen MR) is 39.6 cm³/mol. The Bertz CT molecular complexity index is 19.0. The largest absolute Gasteiger partial charge is 2.00 e. The minimum absolute atomic E-state index is 0. The van der Waals surface area contributed by atoms with Crippen molar-refractivity contribution in [1.29, 1.82) is 0 Å². The van der Waals surface area contributed by atoms with Crippen LogP contribution in [0.1, 0.15) is 13.8 Å². The van der Waals surface area contributed by atoms with Gasteiger partial charge in [-0.3, -0.25) is 0 Å². The maximum atomic E-state index is 3.74. The molecule has 0 atom stereocenters. The van der Waals surface area contributed by atoms with E-state index in [1.807, 2.05) is 13.8 Å². The van der Waals surface area contributed by atoms with E-state index in [2.05, 4.69) is 10.6 Å². The summed E-state index contributed by atoms with van der Waals surface area (Å²) in [6.45, 7) is 5.92. The first kappa shape index (κ1) is 16.3. The fraction of sp³-hybridized carbons (Fsp3) is 1.00. The van der Waals surface area contributed by atoms with Crippen molar-refractivity contribution in [3.63, 3.8) is 0 Å². The van der Waals surface area contributed by atoms with E-state index in [9.17, 15) is 0 Å². The van der Waals surface area contributed by atoms with Crippen LogP contribution in [0.15, 0.2) is 0 Å². The molecule has 0 amide bonds. The second kappa shape index (κ2) is 23.6. The quantitative estimate of drug-likeness (QED) is 0.583. The second-order valence-corrected chi connectivity index (χ2v) is 1.26. The van der Waals surface area contributed by atoms with Crippen LogP contribution >= 0.6 is 0 Å². The fourth-order valence-corrected chi connectivity index (χ4v) is 0. The van der Waals surface area contributed by atoms with Gasteiger partial charge in [-0.1, -0.05) is 13.8 Å². The minimum Gasteiger partial charge on any atom is -0.665 e. The molecule has 0 unspecified atom stereocenters. The summed E-state index contributed by atoms with van der Waals surface area (Å²) in [7, 11) is 3.61. The van der Waals surface area contributed by atoms with Crippen molar-refractivity contribution in [3.05, 3.63) is 10.6 Å². The summed E-state index contributed by atoms with van der Waals surface area (Å²) >= 11 is 0. The fourth-order valence-electron chi connectivity index (χ4n) is 0. The summed E-state index contributed by atoms with van der Waals surface area (Å²) in [6, 6.07) is 0. The van der Waals surface area contributed by atoms with Crippen LogP contribution in [-0.2, 0) is 19.5 Å². The van der Waals surface area contributed by atoms with Gasteiger partial charge < -0.3 is 10.6 Å². The smallest absolute Gasteiger partial charge is 0.665 e. The van der Waals surface area contributed by atoms with E-state index < -0.39 is 0 Å². The molecule has 0 bridgehead atoms. The molecule has 0 aromatic rings. The zero-order valence-electron chi connectivity index (χ0n) is 7.02. The molecule has 0 aromatic heterocycles. The molecular formula is C6H16N2Zn. The van der Waals surface area contributed by atoms with Crippen LogP contribution < -0.4 is 0 Å². The van der Waals surface area contributed by atoms with E-state index in [0.29, 0.717) is 0 Å². The third kappa shape index (κ3) is 56.5. The van der Waals surface area contributed by atoms with Crippen molar-refractivity contribution < 1.29 is 19.5 Å². The third-order valence-electron chi connectivity index (χ3n) is 0.632. The summed E-state index contributed by atoms with van der Waals surface area (Å²) in [5.74, 6) is 0. The number of nitrogens with zero attached hydrogens (tertiary/aromatic N) is 2. The topological polar surface area (TPSA) is 28.2 Å². The van der Waals surface area contributed by atoms with E-state index >= 15 is 0 Å². The van der Waals surface area contributed by atoms with Gasteiger partial charge in [0.1, 0.15) is 0 Å². The molecule has 0 aliphatic rings. The molecule has 0 aliphatic carbocycles. The number of hydrogen-bond donors (Lipinski definition) is 0. The van der Waals surface area contributed by atoms with Gasteiger partial charge in [-0.15, -0.1) is 0 Å². The molecule has 0 radical (unpaired) electrons. The van der Waals surface area contributed by atoms with Gasteiger partial charge in [0.15, 0.2) is 0 Å². The first-order valence-corrected chi connectivity index (χ1v) is 2.94. The van der Waals surface area contributed by atoms with Crippen LogP contribution in [-0.4, -0.2) is 27.2 Å². The van der Waals surface area contributed by atoms with Crippen molar-refractivity contribution in [2.75, 3.05) is 27.2 Å². The maximum Gasteiger partial charge on any atom is 2.00 e. The zero-order chi connectivity index (χ0) is 6.83. The maximum absolute atomic E-state index is 3.74. The van der Waals surface area contributed by atoms with Crippen LogP contribution in [0.25, 0.3) is 10.6 Å². The van der Waals surface area contributed by atoms with E-state index in [-0.39, 0.29) is 19.5 Å². The van der Waals surface area contributed by atoms with Gasteiger partial charge in [0.2, 0.25) is 0 Å². The Morgan fingerprint density at radius 1 is 0.889 bits per heavy atom. The Labute approximate surface area is 71.6 Å². The third-order valence-corrected chi connectivity index (χ3v) is 0.632. The van der Waals surface area contributed by atoms with Gasteiger partial charge in [-0.2, -0.15) is 27.2 Å². The van der Waals surface area contributed by atoms with Crippen molar-refractivity contribution >= 4 is 0 Å². The van der Waals surface area contributed by atoms with Crippen LogP contribution in [0.5, 0.6) is 0 Å². The molecule has 9 heavy (non-hydrogen) atoms. The number of rotatable bonds is 2. The SMILES string of the molecule is CC[N-]C.CC[N-]C.[Zn+2].